The first-order valence-electron chi connectivity index (χ1n) is 25.4. The molecule has 79 heavy (non-hydrogen) atoms. The number of carboxylic acids is 2. The number of halogens is 3. The molecular weight excluding hydrogens is 1040 g/mol. The minimum atomic E-state index is -5.08. The van der Waals surface area contributed by atoms with Crippen LogP contribution in [0.5, 0.6) is 5.75 Å². The van der Waals surface area contributed by atoms with Gasteiger partial charge in [-0.3, -0.25) is 38.6 Å². The van der Waals surface area contributed by atoms with Gasteiger partial charge in [0.25, 0.3) is 0 Å². The predicted octanol–water partition coefficient (Wildman–Crippen LogP) is -0.136. The molecule has 7 amide bonds. The lowest BCUT2D eigenvalue weighted by atomic mass is 9.96. The van der Waals surface area contributed by atoms with E-state index in [1.807, 2.05) is 0 Å². The number of aliphatic imine (C=N–C) groups is 1. The zero-order valence-electron chi connectivity index (χ0n) is 44.4. The molecule has 16 N–H and O–H groups in total. The smallest absolute Gasteiger partial charge is 0.490 e. The summed E-state index contributed by atoms with van der Waals surface area (Å²) < 4.78 is 31.7. The summed E-state index contributed by atoms with van der Waals surface area (Å²) in [5, 5.41) is 43.4. The zero-order chi connectivity index (χ0) is 59.1. The Morgan fingerprint density at radius 1 is 0.747 bits per heavy atom. The van der Waals surface area contributed by atoms with Crippen LogP contribution in [-0.2, 0) is 62.4 Å². The fourth-order valence-corrected chi connectivity index (χ4v) is 8.06. The van der Waals surface area contributed by atoms with Crippen LogP contribution >= 0.6 is 0 Å². The van der Waals surface area contributed by atoms with E-state index in [0.717, 1.165) is 0 Å². The number of benzene rings is 2. The lowest BCUT2D eigenvalue weighted by Crippen LogP contribution is -2.62. The van der Waals surface area contributed by atoms with Crippen LogP contribution in [0.2, 0.25) is 0 Å². The van der Waals surface area contributed by atoms with Gasteiger partial charge in [-0.1, -0.05) is 76.6 Å². The average Bonchev–Trinajstić information content (AvgIpc) is 4.13. The number of phenols is 1. The summed E-state index contributed by atoms with van der Waals surface area (Å²) >= 11 is 0. The summed E-state index contributed by atoms with van der Waals surface area (Å²) in [6.45, 7) is 8.62. The van der Waals surface area contributed by atoms with Crippen molar-refractivity contribution in [1.29, 1.82) is 0 Å². The van der Waals surface area contributed by atoms with E-state index in [0.29, 0.717) is 29.7 Å². The number of alkyl halides is 3. The first-order chi connectivity index (χ1) is 37.1. The SMILES string of the molecule is CC[C@H](C)[C@H](NC(=O)[C@H](Cc1ccc(O)cc1)NC(=O)[C@@H](NC(=O)[C@H](CCCN=C(N)N)NC(=O)[C@H](C)N)C(C)C)C(=O)N[C@@H](Cc1cnc[nH]1)C(=O)N1CCC[C@H]1C(=O)N[C@@H](Cc1ccccc1)C(=O)O.O=C(O)C(F)(F)F. The Morgan fingerprint density at radius 2 is 1.30 bits per heavy atom. The monoisotopic (exact) mass is 1120 g/mol. The molecule has 1 aliphatic rings. The number of aromatic hydroxyl groups is 1. The summed E-state index contributed by atoms with van der Waals surface area (Å²) in [5.41, 5.74) is 18.3. The number of imidazole rings is 1. The van der Waals surface area contributed by atoms with Crippen molar-refractivity contribution in [2.24, 2.45) is 34.0 Å². The maximum absolute atomic E-state index is 14.5. The molecule has 2 aromatic carbocycles. The van der Waals surface area contributed by atoms with E-state index >= 15 is 0 Å². The normalized spacial score (nSPS) is 16.1. The highest BCUT2D eigenvalue weighted by Crippen LogP contribution is 2.22. The summed E-state index contributed by atoms with van der Waals surface area (Å²) in [5.74, 6) is -10.2. The van der Waals surface area contributed by atoms with E-state index in [1.54, 1.807) is 70.2 Å². The van der Waals surface area contributed by atoms with Gasteiger partial charge in [0.15, 0.2) is 5.96 Å². The van der Waals surface area contributed by atoms with Crippen LogP contribution in [0.3, 0.4) is 0 Å². The van der Waals surface area contributed by atoms with Gasteiger partial charge in [0.1, 0.15) is 48.0 Å². The van der Waals surface area contributed by atoms with Crippen LogP contribution in [0.4, 0.5) is 13.2 Å². The Balaban J connectivity index is 0.00000219. The molecule has 1 aromatic heterocycles. The summed E-state index contributed by atoms with van der Waals surface area (Å²) in [6, 6.07) is 5.14. The molecule has 434 valence electrons. The average molecular weight is 1120 g/mol. The second-order valence-electron chi connectivity index (χ2n) is 19.3. The number of H-pyrrole nitrogens is 1. The molecule has 9 atom stereocenters. The number of carbonyl (C=O) groups is 9. The highest BCUT2D eigenvalue weighted by Gasteiger charge is 2.41. The maximum Gasteiger partial charge on any atom is 0.490 e. The minimum absolute atomic E-state index is 0.0121. The van der Waals surface area contributed by atoms with Crippen molar-refractivity contribution in [3.05, 3.63) is 83.9 Å². The summed E-state index contributed by atoms with van der Waals surface area (Å²) in [4.78, 5) is 131. The lowest BCUT2D eigenvalue weighted by molar-refractivity contribution is -0.192. The van der Waals surface area contributed by atoms with Crippen molar-refractivity contribution in [2.75, 3.05) is 13.1 Å². The van der Waals surface area contributed by atoms with Gasteiger partial charge in [0, 0.05) is 44.2 Å². The van der Waals surface area contributed by atoms with Gasteiger partial charge < -0.3 is 74.3 Å². The number of nitrogens with one attached hydrogen (secondary N) is 7. The topological polar surface area (TPSA) is 409 Å². The summed E-state index contributed by atoms with van der Waals surface area (Å²) in [7, 11) is 0. The van der Waals surface area contributed by atoms with Crippen molar-refractivity contribution in [3.63, 3.8) is 0 Å². The lowest BCUT2D eigenvalue weighted by Gasteiger charge is -2.32. The molecule has 0 spiro atoms. The second-order valence-corrected chi connectivity index (χ2v) is 19.3. The van der Waals surface area contributed by atoms with Crippen LogP contribution < -0.4 is 49.1 Å². The number of aromatic nitrogens is 2. The Bertz CT molecular complexity index is 2550. The predicted molar refractivity (Wildman–Crippen MR) is 280 cm³/mol. The molecule has 0 unspecified atom stereocenters. The maximum atomic E-state index is 14.5. The van der Waals surface area contributed by atoms with Crippen LogP contribution in [0.25, 0.3) is 0 Å². The van der Waals surface area contributed by atoms with Gasteiger partial charge in [-0.2, -0.15) is 13.2 Å². The fraction of sp³-hybridized carbons (Fsp3) is 0.510. The van der Waals surface area contributed by atoms with Crippen molar-refractivity contribution in [1.82, 2.24) is 46.8 Å². The van der Waals surface area contributed by atoms with Gasteiger partial charge in [-0.05, 0) is 67.7 Å². The number of carbonyl (C=O) groups excluding carboxylic acids is 7. The number of phenolic OH excluding ortho intramolecular Hbond substituents is 1. The van der Waals surface area contributed by atoms with Crippen LogP contribution in [-0.4, -0.2) is 157 Å². The van der Waals surface area contributed by atoms with Crippen molar-refractivity contribution in [3.8, 4) is 5.75 Å². The Kier molecular flexibility index (Phi) is 25.7. The molecule has 1 saturated heterocycles. The highest BCUT2D eigenvalue weighted by molar-refractivity contribution is 5.98. The first kappa shape index (κ1) is 65.0. The van der Waals surface area contributed by atoms with E-state index in [1.165, 1.54) is 36.5 Å². The molecule has 1 aliphatic heterocycles. The van der Waals surface area contributed by atoms with Gasteiger partial charge in [0.05, 0.1) is 12.4 Å². The third kappa shape index (κ3) is 21.6. The molecule has 25 nitrogen and oxygen atoms in total. The molecule has 0 bridgehead atoms. The molecule has 1 fully saturated rings. The highest BCUT2D eigenvalue weighted by atomic mass is 19.4. The fourth-order valence-electron chi connectivity index (χ4n) is 8.06. The third-order valence-electron chi connectivity index (χ3n) is 12.6. The summed E-state index contributed by atoms with van der Waals surface area (Å²) in [6.07, 6.45) is -0.989. The molecule has 0 radical (unpaired) electrons. The Morgan fingerprint density at radius 3 is 1.85 bits per heavy atom. The number of rotatable bonds is 27. The molecule has 0 saturated carbocycles. The Hall–Kier alpha value is -8.30. The number of nitrogens with two attached hydrogens (primary N) is 3. The number of likely N-dealkylation sites (tertiary alicyclic amines) is 1. The number of aliphatic carboxylic acids is 2. The van der Waals surface area contributed by atoms with E-state index in [9.17, 15) is 61.7 Å². The standard InChI is InChI=1S/C49H71N13O10.C2HF3O2/c1-6-28(4)40(46(69)58-36(24-32-25-53-26-55-32)47(70)62-21-11-15-38(62)44(67)59-37(48(71)72)23-30-12-8-7-9-13-30)61-43(66)35(22-31-16-18-33(63)19-17-31)57-45(68)39(27(2)3)60-42(65)34(56-41(64)29(5)50)14-10-20-54-49(51)52;3-2(4,5)1(6)7/h7-9,12-13,16-19,25-29,34-40,63H,6,10-11,14-15,20-24,50H2,1-5H3,(H,53,55)(H,56,64)(H,57,68)(H,58,69)(H,59,67)(H,60,65)(H,61,66)(H,71,72)(H4,51,52,54);(H,6,7)/t28-,29-,34-,35-,36-,37-,38-,39-,40-;/m0./s1. The van der Waals surface area contributed by atoms with Gasteiger partial charge in [-0.25, -0.2) is 14.6 Å². The van der Waals surface area contributed by atoms with Crippen molar-refractivity contribution >= 4 is 59.2 Å². The first-order valence-corrected chi connectivity index (χ1v) is 25.4. The van der Waals surface area contributed by atoms with E-state index in [-0.39, 0.29) is 63.3 Å². The number of hydrogen-bond acceptors (Lipinski definition) is 13. The number of guanidine groups is 1. The number of hydrogen-bond donors (Lipinski definition) is 13. The second kappa shape index (κ2) is 31.2. The third-order valence-corrected chi connectivity index (χ3v) is 12.6. The van der Waals surface area contributed by atoms with Gasteiger partial charge in [0.2, 0.25) is 41.4 Å². The Labute approximate surface area is 453 Å². The molecule has 0 aliphatic carbocycles. The van der Waals surface area contributed by atoms with Crippen LogP contribution in [0, 0.1) is 11.8 Å². The van der Waals surface area contributed by atoms with Crippen molar-refractivity contribution < 1.29 is 71.6 Å². The molecule has 4 rings (SSSR count). The van der Waals surface area contributed by atoms with Gasteiger partial charge in [-0.15, -0.1) is 0 Å². The number of amides is 7. The molecular formula is C51H72F3N13O12. The van der Waals surface area contributed by atoms with E-state index in [2.05, 4.69) is 46.9 Å². The minimum Gasteiger partial charge on any atom is -0.508 e. The number of nitrogens with zero attached hydrogens (tertiary/aromatic N) is 3. The quantitative estimate of drug-likeness (QED) is 0.0269. The number of carboxylic acid groups (broad SMARTS) is 2. The van der Waals surface area contributed by atoms with Crippen LogP contribution in [0.15, 0.2) is 72.1 Å². The van der Waals surface area contributed by atoms with E-state index in [4.69, 9.17) is 27.1 Å². The van der Waals surface area contributed by atoms with Gasteiger partial charge >= 0.3 is 18.1 Å². The van der Waals surface area contributed by atoms with E-state index < -0.39 is 120 Å². The molecule has 28 heteroatoms. The van der Waals surface area contributed by atoms with Crippen LogP contribution in [0.1, 0.15) is 83.5 Å². The van der Waals surface area contributed by atoms with Crippen molar-refractivity contribution in [2.45, 2.75) is 140 Å². The number of aromatic amines is 1. The molecule has 2 heterocycles. The molecule has 3 aromatic rings. The zero-order valence-corrected chi connectivity index (χ0v) is 44.4. The largest absolute Gasteiger partial charge is 0.508 e.